The summed E-state index contributed by atoms with van der Waals surface area (Å²) >= 11 is 6.97. The van der Waals surface area contributed by atoms with Crippen LogP contribution in [-0.2, 0) is 6.61 Å². The quantitative estimate of drug-likeness (QED) is 0.181. The fourth-order valence-corrected chi connectivity index (χ4v) is 4.14. The molecule has 4 rings (SSSR count). The molecule has 0 atom stereocenters. The first-order chi connectivity index (χ1) is 17.0. The second-order valence-electron chi connectivity index (χ2n) is 7.54. The predicted octanol–water partition coefficient (Wildman–Crippen LogP) is 6.72. The van der Waals surface area contributed by atoms with E-state index in [1.165, 1.54) is 13.3 Å². The Morgan fingerprint density at radius 1 is 0.886 bits per heavy atom. The molecule has 0 aromatic heterocycles. The molecule has 0 saturated heterocycles. The van der Waals surface area contributed by atoms with Gasteiger partial charge in [0.05, 0.1) is 26.0 Å². The van der Waals surface area contributed by atoms with Crippen molar-refractivity contribution in [3.05, 3.63) is 98.4 Å². The maximum Gasteiger partial charge on any atom is 0.275 e. The summed E-state index contributed by atoms with van der Waals surface area (Å²) in [5.74, 6) is 1.24. The number of carbonyl (C=O) groups is 1. The molecule has 35 heavy (non-hydrogen) atoms. The molecule has 0 unspecified atom stereocenters. The third-order valence-electron chi connectivity index (χ3n) is 5.27. The van der Waals surface area contributed by atoms with E-state index < -0.39 is 0 Å². The molecule has 0 fully saturated rings. The third-order valence-corrected chi connectivity index (χ3v) is 6.49. The summed E-state index contributed by atoms with van der Waals surface area (Å²) in [5, 5.41) is 6.06. The number of halogens is 2. The first-order valence-electron chi connectivity index (χ1n) is 10.6. The molecule has 0 saturated carbocycles. The SMILES string of the molecule is COc1cc(/C=N\NC(=O)c2cc3ccccc3cc2OC)c(Br)cc1OCc1ccc(Br)cc1. The van der Waals surface area contributed by atoms with Crippen LogP contribution in [0, 0.1) is 0 Å². The van der Waals surface area contributed by atoms with E-state index in [4.69, 9.17) is 14.2 Å². The topological polar surface area (TPSA) is 69.2 Å². The standard InChI is InChI=1S/C27H22Br2N2O4/c1-33-24-12-19-6-4-3-5-18(19)11-22(24)27(32)31-30-15-20-13-25(34-2)26(14-23(20)29)35-16-17-7-9-21(28)10-8-17/h3-15H,16H2,1-2H3,(H,31,32)/b30-15-. The van der Waals surface area contributed by atoms with Gasteiger partial charge in [0.1, 0.15) is 12.4 Å². The van der Waals surface area contributed by atoms with Gasteiger partial charge in [0.25, 0.3) is 5.91 Å². The van der Waals surface area contributed by atoms with Gasteiger partial charge in [0, 0.05) is 14.5 Å². The minimum absolute atomic E-state index is 0.374. The summed E-state index contributed by atoms with van der Waals surface area (Å²) in [7, 11) is 3.11. The third kappa shape index (κ3) is 6.01. The van der Waals surface area contributed by atoms with Crippen LogP contribution in [0.1, 0.15) is 21.5 Å². The molecule has 1 N–H and O–H groups in total. The molecule has 0 radical (unpaired) electrons. The monoisotopic (exact) mass is 596 g/mol. The molecule has 0 heterocycles. The highest BCUT2D eigenvalue weighted by Gasteiger charge is 2.14. The zero-order valence-corrected chi connectivity index (χ0v) is 22.2. The van der Waals surface area contributed by atoms with Crippen molar-refractivity contribution < 1.29 is 19.0 Å². The predicted molar refractivity (Wildman–Crippen MR) is 145 cm³/mol. The Morgan fingerprint density at radius 2 is 1.57 bits per heavy atom. The highest BCUT2D eigenvalue weighted by atomic mass is 79.9. The lowest BCUT2D eigenvalue weighted by Crippen LogP contribution is -2.18. The van der Waals surface area contributed by atoms with Crippen molar-refractivity contribution in [1.29, 1.82) is 0 Å². The van der Waals surface area contributed by atoms with Crippen LogP contribution >= 0.6 is 31.9 Å². The smallest absolute Gasteiger partial charge is 0.275 e. The van der Waals surface area contributed by atoms with Gasteiger partial charge in [-0.3, -0.25) is 4.79 Å². The number of rotatable bonds is 8. The number of benzene rings is 4. The Kier molecular flexibility index (Phi) is 8.05. The van der Waals surface area contributed by atoms with Crippen LogP contribution in [0.4, 0.5) is 0 Å². The van der Waals surface area contributed by atoms with E-state index >= 15 is 0 Å². The maximum absolute atomic E-state index is 12.8. The summed E-state index contributed by atoms with van der Waals surface area (Å²) < 4.78 is 18.6. The molecule has 4 aromatic rings. The Bertz CT molecular complexity index is 1390. The zero-order valence-electron chi connectivity index (χ0n) is 19.0. The Hall–Kier alpha value is -3.36. The van der Waals surface area contributed by atoms with Crippen LogP contribution < -0.4 is 19.6 Å². The number of hydrogen-bond donors (Lipinski definition) is 1. The lowest BCUT2D eigenvalue weighted by atomic mass is 10.1. The van der Waals surface area contributed by atoms with Gasteiger partial charge >= 0.3 is 0 Å². The van der Waals surface area contributed by atoms with Crippen molar-refractivity contribution in [2.24, 2.45) is 5.10 Å². The average molecular weight is 598 g/mol. The second kappa shape index (κ2) is 11.4. The van der Waals surface area contributed by atoms with Crippen molar-refractivity contribution in [1.82, 2.24) is 5.43 Å². The van der Waals surface area contributed by atoms with Crippen LogP contribution in [-0.4, -0.2) is 26.3 Å². The van der Waals surface area contributed by atoms with Crippen molar-refractivity contribution in [3.63, 3.8) is 0 Å². The van der Waals surface area contributed by atoms with E-state index in [1.54, 1.807) is 19.2 Å². The fraction of sp³-hybridized carbons (Fsp3) is 0.111. The lowest BCUT2D eigenvalue weighted by Gasteiger charge is -2.13. The van der Waals surface area contributed by atoms with E-state index in [2.05, 4.69) is 42.4 Å². The number of carbonyl (C=O) groups excluding carboxylic acids is 1. The van der Waals surface area contributed by atoms with Crippen LogP contribution in [0.15, 0.2) is 86.8 Å². The molecular formula is C27H22Br2N2O4. The molecule has 1 amide bonds. The summed E-state index contributed by atoms with van der Waals surface area (Å²) in [6.45, 7) is 0.396. The molecule has 8 heteroatoms. The number of fused-ring (bicyclic) bond motifs is 1. The van der Waals surface area contributed by atoms with Gasteiger partial charge in [0.15, 0.2) is 11.5 Å². The Labute approximate surface area is 220 Å². The Balaban J connectivity index is 1.48. The summed E-state index contributed by atoms with van der Waals surface area (Å²) in [5.41, 5.74) is 4.71. The van der Waals surface area contributed by atoms with E-state index in [-0.39, 0.29) is 5.91 Å². The lowest BCUT2D eigenvalue weighted by molar-refractivity contribution is 0.0952. The molecule has 4 aromatic carbocycles. The second-order valence-corrected chi connectivity index (χ2v) is 9.31. The highest BCUT2D eigenvalue weighted by molar-refractivity contribution is 9.10. The number of ether oxygens (including phenoxy) is 3. The first kappa shape index (κ1) is 24.8. The minimum atomic E-state index is -0.374. The molecular weight excluding hydrogens is 576 g/mol. The van der Waals surface area contributed by atoms with Crippen LogP contribution in [0.25, 0.3) is 10.8 Å². The largest absolute Gasteiger partial charge is 0.496 e. The molecule has 0 spiro atoms. The van der Waals surface area contributed by atoms with Gasteiger partial charge in [-0.2, -0.15) is 5.10 Å². The number of hydrogen-bond acceptors (Lipinski definition) is 5. The van der Waals surface area contributed by atoms with Crippen molar-refractivity contribution >= 4 is 54.8 Å². The fourth-order valence-electron chi connectivity index (χ4n) is 3.45. The number of nitrogens with one attached hydrogen (secondary N) is 1. The van der Waals surface area contributed by atoms with Gasteiger partial charge in [0.2, 0.25) is 0 Å². The summed E-state index contributed by atoms with van der Waals surface area (Å²) in [6.07, 6.45) is 1.54. The van der Waals surface area contributed by atoms with E-state index in [9.17, 15) is 4.79 Å². The van der Waals surface area contributed by atoms with Crippen LogP contribution in [0.3, 0.4) is 0 Å². The minimum Gasteiger partial charge on any atom is -0.496 e. The van der Waals surface area contributed by atoms with E-state index in [0.29, 0.717) is 35.0 Å². The van der Waals surface area contributed by atoms with Gasteiger partial charge < -0.3 is 14.2 Å². The average Bonchev–Trinajstić information content (AvgIpc) is 2.88. The number of methoxy groups -OCH3 is 2. The van der Waals surface area contributed by atoms with Crippen molar-refractivity contribution in [2.75, 3.05) is 14.2 Å². The normalized spacial score (nSPS) is 11.0. The van der Waals surface area contributed by atoms with Crippen molar-refractivity contribution in [2.45, 2.75) is 6.61 Å². The molecule has 0 aliphatic carbocycles. The molecule has 178 valence electrons. The van der Waals surface area contributed by atoms with E-state index in [0.717, 1.165) is 25.3 Å². The van der Waals surface area contributed by atoms with Crippen LogP contribution in [0.5, 0.6) is 17.2 Å². The van der Waals surface area contributed by atoms with Gasteiger partial charge in [-0.1, -0.05) is 52.3 Å². The highest BCUT2D eigenvalue weighted by Crippen LogP contribution is 2.33. The number of hydrazone groups is 1. The van der Waals surface area contributed by atoms with Crippen LogP contribution in [0.2, 0.25) is 0 Å². The van der Waals surface area contributed by atoms with Gasteiger partial charge in [-0.25, -0.2) is 5.43 Å². The summed E-state index contributed by atoms with van der Waals surface area (Å²) in [6, 6.07) is 22.9. The van der Waals surface area contributed by atoms with Gasteiger partial charge in [-0.05, 0) is 68.7 Å². The Morgan fingerprint density at radius 3 is 2.26 bits per heavy atom. The molecule has 0 aliphatic rings. The molecule has 6 nitrogen and oxygen atoms in total. The van der Waals surface area contributed by atoms with Gasteiger partial charge in [-0.15, -0.1) is 0 Å². The zero-order chi connectivity index (χ0) is 24.8. The molecule has 0 aliphatic heterocycles. The maximum atomic E-state index is 12.8. The van der Waals surface area contributed by atoms with Crippen molar-refractivity contribution in [3.8, 4) is 17.2 Å². The number of amides is 1. The summed E-state index contributed by atoms with van der Waals surface area (Å²) in [4.78, 5) is 12.8. The first-order valence-corrected chi connectivity index (χ1v) is 12.2. The van der Waals surface area contributed by atoms with E-state index in [1.807, 2.05) is 60.7 Å². The number of nitrogens with zero attached hydrogens (tertiary/aromatic N) is 1. The molecule has 0 bridgehead atoms.